The largest absolute Gasteiger partial charge is 0.468 e. The number of nitrogens with two attached hydrogens (primary N) is 1. The minimum Gasteiger partial charge on any atom is -0.468 e. The molecular formula is C24H31N6O7P. The van der Waals surface area contributed by atoms with Crippen LogP contribution in [0, 0.1) is 11.3 Å². The van der Waals surface area contributed by atoms with Crippen molar-refractivity contribution in [3.63, 3.8) is 0 Å². The van der Waals surface area contributed by atoms with Gasteiger partial charge in [0, 0.05) is 11.6 Å². The molecule has 38 heavy (non-hydrogen) atoms. The Labute approximate surface area is 218 Å². The third-order valence-corrected chi connectivity index (χ3v) is 7.67. The number of aliphatic hydroxyl groups is 1. The number of para-hydroxylation sites is 1. The summed E-state index contributed by atoms with van der Waals surface area (Å²) in [5.41, 5.74) is 5.46. The zero-order valence-electron chi connectivity index (χ0n) is 21.3. The molecule has 1 saturated carbocycles. The molecule has 0 spiro atoms. The fourth-order valence-electron chi connectivity index (χ4n) is 3.98. The van der Waals surface area contributed by atoms with Crippen LogP contribution in [0.3, 0.4) is 0 Å². The highest BCUT2D eigenvalue weighted by Crippen LogP contribution is 2.56. The van der Waals surface area contributed by atoms with Crippen LogP contribution in [-0.4, -0.2) is 57.0 Å². The Hall–Kier alpha value is -3.51. The second-order valence-electron chi connectivity index (χ2n) is 9.55. The van der Waals surface area contributed by atoms with Gasteiger partial charge in [-0.15, -0.1) is 0 Å². The van der Waals surface area contributed by atoms with Gasteiger partial charge in [0.1, 0.15) is 18.1 Å². The molecule has 1 aliphatic carbocycles. The van der Waals surface area contributed by atoms with E-state index in [1.165, 1.54) is 18.0 Å². The number of esters is 1. The van der Waals surface area contributed by atoms with Crippen molar-refractivity contribution in [3.05, 3.63) is 52.6 Å². The lowest BCUT2D eigenvalue weighted by Gasteiger charge is -2.26. The van der Waals surface area contributed by atoms with Crippen molar-refractivity contribution < 1.29 is 28.3 Å². The minimum absolute atomic E-state index is 0.0539. The van der Waals surface area contributed by atoms with Gasteiger partial charge in [-0.1, -0.05) is 32.0 Å². The molecule has 1 aromatic carbocycles. The van der Waals surface area contributed by atoms with Crippen LogP contribution in [0.5, 0.6) is 5.75 Å². The van der Waals surface area contributed by atoms with E-state index in [9.17, 15) is 19.3 Å². The summed E-state index contributed by atoms with van der Waals surface area (Å²) in [5, 5.41) is 13.0. The Morgan fingerprint density at radius 3 is 2.76 bits per heavy atom. The van der Waals surface area contributed by atoms with Gasteiger partial charge in [0.15, 0.2) is 11.2 Å². The number of nitrogens with one attached hydrogen (secondary N) is 2. The molecule has 14 heteroatoms. The molecule has 204 valence electrons. The van der Waals surface area contributed by atoms with Crippen LogP contribution in [0.1, 0.15) is 26.7 Å². The molecule has 0 radical (unpaired) electrons. The summed E-state index contributed by atoms with van der Waals surface area (Å²) in [4.78, 5) is 35.1. The number of anilines is 1. The van der Waals surface area contributed by atoms with Crippen molar-refractivity contribution in [1.29, 1.82) is 0 Å². The van der Waals surface area contributed by atoms with E-state index in [0.717, 1.165) is 5.57 Å². The summed E-state index contributed by atoms with van der Waals surface area (Å²) >= 11 is 0. The van der Waals surface area contributed by atoms with Gasteiger partial charge in [-0.3, -0.25) is 23.7 Å². The summed E-state index contributed by atoms with van der Waals surface area (Å²) in [7, 11) is -2.87. The molecule has 0 bridgehead atoms. The smallest absolute Gasteiger partial charge is 0.459 e. The number of fused-ring (bicyclic) bond motifs is 1. The predicted octanol–water partition coefficient (Wildman–Crippen LogP) is 2.31. The van der Waals surface area contributed by atoms with Crippen LogP contribution in [0.25, 0.3) is 17.4 Å². The van der Waals surface area contributed by atoms with Crippen LogP contribution >= 0.6 is 7.75 Å². The number of aromatic amines is 1. The van der Waals surface area contributed by atoms with E-state index in [1.807, 2.05) is 13.8 Å². The topological polar surface area (TPSA) is 184 Å². The highest BCUT2D eigenvalue weighted by atomic mass is 31.2. The quantitative estimate of drug-likeness (QED) is 0.193. The summed E-state index contributed by atoms with van der Waals surface area (Å²) in [6, 6.07) is 7.48. The lowest BCUT2D eigenvalue weighted by molar-refractivity contribution is -0.143. The molecule has 0 amide bonds. The Morgan fingerprint density at radius 2 is 2.11 bits per heavy atom. The van der Waals surface area contributed by atoms with E-state index >= 15 is 0 Å². The Balaban J connectivity index is 1.58. The number of hydrogen-bond acceptors (Lipinski definition) is 10. The number of carbonyl (C=O) groups excluding carboxylic acids is 1. The third-order valence-electron chi connectivity index (χ3n) is 6.12. The van der Waals surface area contributed by atoms with Gasteiger partial charge in [0.2, 0.25) is 5.95 Å². The minimum atomic E-state index is -4.12. The van der Waals surface area contributed by atoms with Gasteiger partial charge in [0.25, 0.3) is 5.56 Å². The van der Waals surface area contributed by atoms with Crippen molar-refractivity contribution in [2.24, 2.45) is 11.3 Å². The van der Waals surface area contributed by atoms with Gasteiger partial charge in [-0.2, -0.15) is 10.1 Å². The number of nitrogens with zero attached hydrogens (tertiary/aromatic N) is 3. The zero-order chi connectivity index (χ0) is 27.5. The van der Waals surface area contributed by atoms with Gasteiger partial charge < -0.3 is 20.1 Å². The van der Waals surface area contributed by atoms with Crippen LogP contribution < -0.4 is 20.9 Å². The van der Waals surface area contributed by atoms with E-state index in [4.69, 9.17) is 19.5 Å². The second-order valence-corrected chi connectivity index (χ2v) is 11.2. The summed E-state index contributed by atoms with van der Waals surface area (Å²) < 4.78 is 31.9. The second kappa shape index (κ2) is 11.1. The van der Waals surface area contributed by atoms with Gasteiger partial charge in [-0.25, -0.2) is 9.55 Å². The van der Waals surface area contributed by atoms with Crippen LogP contribution in [0.4, 0.5) is 5.95 Å². The molecule has 1 aliphatic rings. The Morgan fingerprint density at radius 1 is 1.37 bits per heavy atom. The number of nitrogen functional groups attached to an aromatic ring is 1. The lowest BCUT2D eigenvalue weighted by Crippen LogP contribution is -2.38. The Kier molecular flexibility index (Phi) is 8.02. The number of imidazole rings is 1. The molecular weight excluding hydrogens is 515 g/mol. The number of ether oxygens (including phenoxy) is 1. The highest BCUT2D eigenvalue weighted by molar-refractivity contribution is 7.52. The van der Waals surface area contributed by atoms with Crippen molar-refractivity contribution >= 4 is 37.0 Å². The van der Waals surface area contributed by atoms with Crippen LogP contribution in [-0.2, 0) is 18.6 Å². The summed E-state index contributed by atoms with van der Waals surface area (Å²) in [6.45, 7) is 3.35. The first-order chi connectivity index (χ1) is 18.1. The predicted molar refractivity (Wildman–Crippen MR) is 140 cm³/mol. The van der Waals surface area contributed by atoms with Crippen molar-refractivity contribution in [2.75, 3.05) is 26.1 Å². The average molecular weight is 547 g/mol. The molecule has 3 atom stereocenters. The van der Waals surface area contributed by atoms with E-state index in [1.54, 1.807) is 36.5 Å². The van der Waals surface area contributed by atoms with Crippen LogP contribution in [0.15, 0.2) is 47.0 Å². The zero-order valence-corrected chi connectivity index (χ0v) is 22.2. The number of hydrogen-bond donors (Lipinski definition) is 4. The standard InChI is InChI=1S/C24H31N6O7P/c1-15(2)9-18(22(33)35-3)29-38(34,37-17-7-5-4-6-8-17)36-13-24(12-31)10-16(24)11-30-14-26-19-20(30)27-23(25)28-21(19)32/h4-8,11,14-15,18,31H,9-10,12-13H2,1-3H3,(H,29,34)(H3,25,27,28,32)/b16-11-/t18-,24-,38-/m0/s1. The van der Waals surface area contributed by atoms with Gasteiger partial charge in [-0.05, 0) is 36.5 Å². The molecule has 1 fully saturated rings. The number of aliphatic hydroxyl groups excluding tert-OH is 1. The number of methoxy groups -OCH3 is 1. The average Bonchev–Trinajstić information content (AvgIpc) is 3.42. The number of carbonyl (C=O) groups is 1. The fourth-order valence-corrected chi connectivity index (χ4v) is 5.57. The molecule has 0 unspecified atom stereocenters. The molecule has 2 aromatic heterocycles. The maximum Gasteiger partial charge on any atom is 0.459 e. The van der Waals surface area contributed by atoms with E-state index < -0.39 is 30.7 Å². The summed E-state index contributed by atoms with van der Waals surface area (Å²) in [5.74, 6) is -0.295. The number of aromatic nitrogens is 4. The maximum absolute atomic E-state index is 13.9. The highest BCUT2D eigenvalue weighted by Gasteiger charge is 2.51. The molecule has 3 aromatic rings. The SMILES string of the molecule is COC(=O)[C@H](CC(C)C)N[P@](=O)(OC[C@@]1(CO)C/C1=C/n1cnc2c(=O)[nH]c(N)nc21)Oc1ccccc1. The number of benzene rings is 1. The number of H-pyrrole nitrogens is 1. The fraction of sp³-hybridized carbons (Fsp3) is 0.417. The van der Waals surface area contributed by atoms with E-state index in [2.05, 4.69) is 20.0 Å². The first kappa shape index (κ1) is 27.5. The first-order valence-corrected chi connectivity index (χ1v) is 13.5. The van der Waals surface area contributed by atoms with Crippen molar-refractivity contribution in [2.45, 2.75) is 32.7 Å². The molecule has 5 N–H and O–H groups in total. The van der Waals surface area contributed by atoms with Crippen molar-refractivity contribution in [3.8, 4) is 5.75 Å². The van der Waals surface area contributed by atoms with Gasteiger partial charge in [0.05, 0.1) is 20.3 Å². The van der Waals surface area contributed by atoms with Crippen LogP contribution in [0.2, 0.25) is 0 Å². The molecule has 0 saturated heterocycles. The van der Waals surface area contributed by atoms with E-state index in [0.29, 0.717) is 12.8 Å². The Bertz CT molecular complexity index is 1440. The van der Waals surface area contributed by atoms with E-state index in [-0.39, 0.29) is 42.0 Å². The molecule has 2 heterocycles. The lowest BCUT2D eigenvalue weighted by atomic mass is 10.1. The summed E-state index contributed by atoms with van der Waals surface area (Å²) in [6.07, 6.45) is 3.84. The normalized spacial score (nSPS) is 20.4. The number of rotatable bonds is 12. The monoisotopic (exact) mass is 546 g/mol. The molecule has 4 rings (SSSR count). The first-order valence-electron chi connectivity index (χ1n) is 12.0. The molecule has 13 nitrogen and oxygen atoms in total. The van der Waals surface area contributed by atoms with Gasteiger partial charge >= 0.3 is 13.7 Å². The van der Waals surface area contributed by atoms with Crippen molar-refractivity contribution in [1.82, 2.24) is 24.6 Å². The maximum atomic E-state index is 13.9. The molecule has 0 aliphatic heterocycles. The third kappa shape index (κ3) is 6.13.